The van der Waals surface area contributed by atoms with Crippen molar-refractivity contribution in [3.63, 3.8) is 0 Å². The van der Waals surface area contributed by atoms with Gasteiger partial charge in [0, 0.05) is 25.4 Å². The van der Waals surface area contributed by atoms with Crippen LogP contribution in [0.5, 0.6) is 0 Å². The van der Waals surface area contributed by atoms with E-state index in [-0.39, 0.29) is 5.82 Å². The molecule has 0 saturated heterocycles. The first-order valence-corrected chi connectivity index (χ1v) is 6.14. The minimum absolute atomic E-state index is 0.249. The molecular weight excluding hydrogens is 285 g/mol. The number of benzene rings is 1. The lowest BCUT2D eigenvalue weighted by Crippen LogP contribution is -2.10. The van der Waals surface area contributed by atoms with Crippen LogP contribution in [-0.4, -0.2) is 16.1 Å². The minimum atomic E-state index is -0.249. The average Bonchev–Trinajstić information content (AvgIpc) is 2.72. The van der Waals surface area contributed by atoms with E-state index in [4.69, 9.17) is 5.73 Å². The number of nitrogens with two attached hydrogens (primary N) is 1. The second-order valence-corrected chi connectivity index (χ2v) is 4.61. The lowest BCUT2D eigenvalue weighted by atomic mass is 10.2. The maximum Gasteiger partial charge on any atom is 0.137 e. The van der Waals surface area contributed by atoms with Gasteiger partial charge in [0.2, 0.25) is 0 Å². The van der Waals surface area contributed by atoms with Crippen molar-refractivity contribution in [3.8, 4) is 0 Å². The summed E-state index contributed by atoms with van der Waals surface area (Å²) in [4.78, 5) is 4.24. The van der Waals surface area contributed by atoms with Crippen molar-refractivity contribution in [2.24, 2.45) is 5.73 Å². The molecule has 0 aliphatic carbocycles. The van der Waals surface area contributed by atoms with E-state index in [0.29, 0.717) is 17.6 Å². The van der Waals surface area contributed by atoms with Crippen LogP contribution in [0.25, 0.3) is 0 Å². The summed E-state index contributed by atoms with van der Waals surface area (Å²) in [5, 5.41) is 0. The quantitative estimate of drug-likeness (QED) is 0.941. The van der Waals surface area contributed by atoms with E-state index in [9.17, 15) is 4.39 Å². The second-order valence-electron chi connectivity index (χ2n) is 3.76. The van der Waals surface area contributed by atoms with E-state index in [1.807, 2.05) is 10.8 Å². The standard InChI is InChI=1S/C12H13BrFN3/c13-10-7-9(1-2-11(10)14)8-17-6-5-16-12(17)3-4-15/h1-2,5-7H,3-4,8,15H2. The number of nitrogens with zero attached hydrogens (tertiary/aromatic N) is 2. The number of halogens is 2. The Labute approximate surface area is 108 Å². The molecule has 1 heterocycles. The van der Waals surface area contributed by atoms with Gasteiger partial charge in [-0.25, -0.2) is 9.37 Å². The number of imidazole rings is 1. The van der Waals surface area contributed by atoms with Crippen LogP contribution in [0.3, 0.4) is 0 Å². The van der Waals surface area contributed by atoms with Gasteiger partial charge in [0.05, 0.1) is 4.47 Å². The summed E-state index contributed by atoms with van der Waals surface area (Å²) in [7, 11) is 0. The van der Waals surface area contributed by atoms with Gasteiger partial charge in [0.25, 0.3) is 0 Å². The fraction of sp³-hybridized carbons (Fsp3) is 0.250. The third-order valence-electron chi connectivity index (χ3n) is 2.51. The maximum atomic E-state index is 13.1. The van der Waals surface area contributed by atoms with E-state index in [0.717, 1.165) is 17.8 Å². The second kappa shape index (κ2) is 5.42. The van der Waals surface area contributed by atoms with E-state index in [2.05, 4.69) is 20.9 Å². The molecule has 0 radical (unpaired) electrons. The first-order valence-electron chi connectivity index (χ1n) is 5.34. The lowest BCUT2D eigenvalue weighted by Gasteiger charge is -2.08. The van der Waals surface area contributed by atoms with Gasteiger partial charge in [0.1, 0.15) is 11.6 Å². The largest absolute Gasteiger partial charge is 0.330 e. The molecule has 0 unspecified atom stereocenters. The zero-order chi connectivity index (χ0) is 12.3. The summed E-state index contributed by atoms with van der Waals surface area (Å²) in [6, 6.07) is 5.01. The van der Waals surface area contributed by atoms with E-state index < -0.39 is 0 Å². The van der Waals surface area contributed by atoms with Gasteiger partial charge in [-0.3, -0.25) is 0 Å². The van der Waals surface area contributed by atoms with Crippen LogP contribution < -0.4 is 5.73 Å². The highest BCUT2D eigenvalue weighted by atomic mass is 79.9. The van der Waals surface area contributed by atoms with E-state index in [1.165, 1.54) is 6.07 Å². The predicted molar refractivity (Wildman–Crippen MR) is 68.2 cm³/mol. The number of hydrogen-bond acceptors (Lipinski definition) is 2. The molecule has 17 heavy (non-hydrogen) atoms. The first-order chi connectivity index (χ1) is 8.20. The number of rotatable bonds is 4. The molecule has 0 amide bonds. The molecule has 0 fully saturated rings. The summed E-state index contributed by atoms with van der Waals surface area (Å²) in [6.07, 6.45) is 4.40. The van der Waals surface area contributed by atoms with Crippen molar-refractivity contribution < 1.29 is 4.39 Å². The molecule has 1 aromatic carbocycles. The van der Waals surface area contributed by atoms with Crippen molar-refractivity contribution in [2.45, 2.75) is 13.0 Å². The highest BCUT2D eigenvalue weighted by molar-refractivity contribution is 9.10. The molecule has 0 bridgehead atoms. The average molecular weight is 298 g/mol. The molecular formula is C12H13BrFN3. The van der Waals surface area contributed by atoms with Crippen LogP contribution in [-0.2, 0) is 13.0 Å². The van der Waals surface area contributed by atoms with Crippen LogP contribution in [0.15, 0.2) is 35.1 Å². The van der Waals surface area contributed by atoms with Crippen LogP contribution >= 0.6 is 15.9 Å². The molecule has 2 rings (SSSR count). The smallest absolute Gasteiger partial charge is 0.137 e. The van der Waals surface area contributed by atoms with Gasteiger partial charge in [-0.2, -0.15) is 0 Å². The normalized spacial score (nSPS) is 10.8. The summed E-state index contributed by atoms with van der Waals surface area (Å²) >= 11 is 3.18. The summed E-state index contributed by atoms with van der Waals surface area (Å²) < 4.78 is 15.6. The van der Waals surface area contributed by atoms with Crippen molar-refractivity contribution in [2.75, 3.05) is 6.54 Å². The Kier molecular flexibility index (Phi) is 3.91. The third-order valence-corrected chi connectivity index (χ3v) is 3.11. The Morgan fingerprint density at radius 3 is 2.94 bits per heavy atom. The van der Waals surface area contributed by atoms with Gasteiger partial charge in [-0.15, -0.1) is 0 Å². The first kappa shape index (κ1) is 12.3. The molecule has 0 atom stereocenters. The van der Waals surface area contributed by atoms with Crippen LogP contribution in [0, 0.1) is 5.82 Å². The maximum absolute atomic E-state index is 13.1. The Morgan fingerprint density at radius 2 is 2.24 bits per heavy atom. The summed E-state index contributed by atoms with van der Waals surface area (Å²) in [6.45, 7) is 1.25. The van der Waals surface area contributed by atoms with Crippen molar-refractivity contribution in [3.05, 3.63) is 52.3 Å². The molecule has 0 saturated carbocycles. The fourth-order valence-corrected chi connectivity index (χ4v) is 2.10. The number of aromatic nitrogens is 2. The highest BCUT2D eigenvalue weighted by Gasteiger charge is 2.04. The lowest BCUT2D eigenvalue weighted by molar-refractivity contribution is 0.619. The van der Waals surface area contributed by atoms with Crippen molar-refractivity contribution in [1.82, 2.24) is 9.55 Å². The van der Waals surface area contributed by atoms with Crippen LogP contribution in [0.1, 0.15) is 11.4 Å². The molecule has 2 N–H and O–H groups in total. The summed E-state index contributed by atoms with van der Waals surface area (Å²) in [5.74, 6) is 0.703. The van der Waals surface area contributed by atoms with Gasteiger partial charge >= 0.3 is 0 Å². The molecule has 0 spiro atoms. The monoisotopic (exact) mass is 297 g/mol. The fourth-order valence-electron chi connectivity index (χ4n) is 1.68. The predicted octanol–water partition coefficient (Wildman–Crippen LogP) is 2.33. The molecule has 0 aliphatic heterocycles. The zero-order valence-corrected chi connectivity index (χ0v) is 10.8. The van der Waals surface area contributed by atoms with Crippen molar-refractivity contribution >= 4 is 15.9 Å². The van der Waals surface area contributed by atoms with Crippen molar-refractivity contribution in [1.29, 1.82) is 0 Å². The molecule has 2 aromatic rings. The Bertz CT molecular complexity index is 510. The minimum Gasteiger partial charge on any atom is -0.330 e. The molecule has 1 aromatic heterocycles. The Hall–Kier alpha value is -1.20. The van der Waals surface area contributed by atoms with Gasteiger partial charge in [-0.1, -0.05) is 6.07 Å². The third kappa shape index (κ3) is 2.92. The topological polar surface area (TPSA) is 43.8 Å². The molecule has 3 nitrogen and oxygen atoms in total. The van der Waals surface area contributed by atoms with E-state index in [1.54, 1.807) is 18.3 Å². The molecule has 0 aliphatic rings. The molecule has 5 heteroatoms. The highest BCUT2D eigenvalue weighted by Crippen LogP contribution is 2.17. The SMILES string of the molecule is NCCc1nccn1Cc1ccc(F)c(Br)c1. The Balaban J connectivity index is 2.19. The van der Waals surface area contributed by atoms with E-state index >= 15 is 0 Å². The van der Waals surface area contributed by atoms with Crippen LogP contribution in [0.4, 0.5) is 4.39 Å². The van der Waals surface area contributed by atoms with Gasteiger partial charge < -0.3 is 10.3 Å². The zero-order valence-electron chi connectivity index (χ0n) is 9.24. The number of hydrogen-bond donors (Lipinski definition) is 1. The summed E-state index contributed by atoms with van der Waals surface area (Å²) in [5.41, 5.74) is 6.54. The van der Waals surface area contributed by atoms with Gasteiger partial charge in [0.15, 0.2) is 0 Å². The molecule has 90 valence electrons. The van der Waals surface area contributed by atoms with Crippen LogP contribution in [0.2, 0.25) is 0 Å². The van der Waals surface area contributed by atoms with Gasteiger partial charge in [-0.05, 0) is 40.2 Å². The Morgan fingerprint density at radius 1 is 1.41 bits per heavy atom.